The summed E-state index contributed by atoms with van der Waals surface area (Å²) in [5, 5.41) is 10.5. The van der Waals surface area contributed by atoms with Gasteiger partial charge >= 0.3 is 0 Å². The van der Waals surface area contributed by atoms with Crippen LogP contribution in [0.5, 0.6) is 0 Å². The van der Waals surface area contributed by atoms with E-state index in [1.807, 2.05) is 20.2 Å². The minimum absolute atomic E-state index is 0.100. The van der Waals surface area contributed by atoms with Gasteiger partial charge in [0.25, 0.3) is 0 Å². The molecule has 1 heterocycles. The summed E-state index contributed by atoms with van der Waals surface area (Å²) >= 11 is 0. The molecule has 1 aliphatic carbocycles. The van der Waals surface area contributed by atoms with Crippen molar-refractivity contribution in [3.63, 3.8) is 0 Å². The highest BCUT2D eigenvalue weighted by molar-refractivity contribution is 5.78. The van der Waals surface area contributed by atoms with E-state index < -0.39 is 0 Å². The SMILES string of the molecule is Cc1nn(C)cc1CNCC(=O)NC1CCCC1. The van der Waals surface area contributed by atoms with Crippen molar-refractivity contribution >= 4 is 5.91 Å². The summed E-state index contributed by atoms with van der Waals surface area (Å²) in [6.07, 6.45) is 6.73. The van der Waals surface area contributed by atoms with Gasteiger partial charge in [0.2, 0.25) is 5.91 Å². The minimum atomic E-state index is 0.100. The number of aryl methyl sites for hydroxylation is 2. The van der Waals surface area contributed by atoms with Crippen molar-refractivity contribution < 1.29 is 4.79 Å². The molecule has 1 aromatic rings. The predicted octanol–water partition coefficient (Wildman–Crippen LogP) is 0.877. The monoisotopic (exact) mass is 250 g/mol. The second kappa shape index (κ2) is 6.00. The fourth-order valence-electron chi connectivity index (χ4n) is 2.48. The lowest BCUT2D eigenvalue weighted by atomic mass is 10.2. The van der Waals surface area contributed by atoms with E-state index in [4.69, 9.17) is 0 Å². The second-order valence-corrected chi connectivity index (χ2v) is 5.07. The van der Waals surface area contributed by atoms with Crippen molar-refractivity contribution in [3.8, 4) is 0 Å². The molecule has 0 atom stereocenters. The van der Waals surface area contributed by atoms with Gasteiger partial charge < -0.3 is 10.6 Å². The Balaban J connectivity index is 1.68. The van der Waals surface area contributed by atoms with Gasteiger partial charge in [-0.1, -0.05) is 12.8 Å². The Bertz CT molecular complexity index is 407. The molecule has 0 saturated heterocycles. The summed E-state index contributed by atoms with van der Waals surface area (Å²) in [7, 11) is 1.91. The van der Waals surface area contributed by atoms with E-state index >= 15 is 0 Å². The Kier molecular flexibility index (Phi) is 4.36. The van der Waals surface area contributed by atoms with Crippen LogP contribution in [-0.2, 0) is 18.4 Å². The zero-order chi connectivity index (χ0) is 13.0. The number of hydrogen-bond acceptors (Lipinski definition) is 3. The highest BCUT2D eigenvalue weighted by Crippen LogP contribution is 2.17. The van der Waals surface area contributed by atoms with Crippen LogP contribution in [-0.4, -0.2) is 28.3 Å². The maximum absolute atomic E-state index is 11.7. The number of carbonyl (C=O) groups is 1. The van der Waals surface area contributed by atoms with Gasteiger partial charge in [-0.05, 0) is 19.8 Å². The Morgan fingerprint density at radius 3 is 2.83 bits per heavy atom. The first kappa shape index (κ1) is 13.1. The van der Waals surface area contributed by atoms with Gasteiger partial charge in [-0.25, -0.2) is 0 Å². The fraction of sp³-hybridized carbons (Fsp3) is 0.692. The molecule has 100 valence electrons. The number of carbonyl (C=O) groups excluding carboxylic acids is 1. The number of amides is 1. The van der Waals surface area contributed by atoms with Gasteiger partial charge in [-0.2, -0.15) is 5.10 Å². The maximum atomic E-state index is 11.7. The van der Waals surface area contributed by atoms with Crippen molar-refractivity contribution in [2.45, 2.75) is 45.2 Å². The van der Waals surface area contributed by atoms with Crippen LogP contribution in [0.15, 0.2) is 6.20 Å². The largest absolute Gasteiger partial charge is 0.352 e. The summed E-state index contributed by atoms with van der Waals surface area (Å²) in [4.78, 5) is 11.7. The van der Waals surface area contributed by atoms with Crippen LogP contribution >= 0.6 is 0 Å². The average molecular weight is 250 g/mol. The molecule has 0 unspecified atom stereocenters. The molecule has 1 saturated carbocycles. The molecule has 1 fully saturated rings. The summed E-state index contributed by atoms with van der Waals surface area (Å²) in [6, 6.07) is 0.402. The quantitative estimate of drug-likeness (QED) is 0.815. The van der Waals surface area contributed by atoms with Crippen LogP contribution in [0.2, 0.25) is 0 Å². The first-order chi connectivity index (χ1) is 8.65. The fourth-order valence-corrected chi connectivity index (χ4v) is 2.48. The van der Waals surface area contributed by atoms with E-state index in [-0.39, 0.29) is 5.91 Å². The van der Waals surface area contributed by atoms with E-state index in [9.17, 15) is 4.79 Å². The highest BCUT2D eigenvalue weighted by atomic mass is 16.1. The molecule has 0 bridgehead atoms. The van der Waals surface area contributed by atoms with E-state index in [1.165, 1.54) is 12.8 Å². The van der Waals surface area contributed by atoms with Crippen LogP contribution in [0.25, 0.3) is 0 Å². The number of nitrogens with zero attached hydrogens (tertiary/aromatic N) is 2. The smallest absolute Gasteiger partial charge is 0.234 e. The van der Waals surface area contributed by atoms with Crippen molar-refractivity contribution in [1.29, 1.82) is 0 Å². The van der Waals surface area contributed by atoms with Crippen molar-refractivity contribution in [3.05, 3.63) is 17.5 Å². The van der Waals surface area contributed by atoms with Crippen LogP contribution in [0.1, 0.15) is 36.9 Å². The average Bonchev–Trinajstić information content (AvgIpc) is 2.89. The van der Waals surface area contributed by atoms with E-state index in [1.54, 1.807) is 4.68 Å². The molecule has 2 rings (SSSR count). The lowest BCUT2D eigenvalue weighted by Crippen LogP contribution is -2.38. The molecule has 1 aliphatic rings. The standard InChI is InChI=1S/C13H22N4O/c1-10-11(9-17(2)16-10)7-14-8-13(18)15-12-5-3-4-6-12/h9,12,14H,3-8H2,1-2H3,(H,15,18). The normalized spacial score (nSPS) is 16.1. The summed E-state index contributed by atoms with van der Waals surface area (Å²) < 4.78 is 1.80. The zero-order valence-electron chi connectivity index (χ0n) is 11.2. The van der Waals surface area contributed by atoms with E-state index in [0.717, 1.165) is 24.1 Å². The molecule has 5 nitrogen and oxygen atoms in total. The lowest BCUT2D eigenvalue weighted by Gasteiger charge is -2.12. The number of nitrogens with one attached hydrogen (secondary N) is 2. The predicted molar refractivity (Wildman–Crippen MR) is 70.1 cm³/mol. The Morgan fingerprint density at radius 2 is 2.22 bits per heavy atom. The highest BCUT2D eigenvalue weighted by Gasteiger charge is 2.16. The van der Waals surface area contributed by atoms with Gasteiger partial charge in [0, 0.05) is 31.4 Å². The van der Waals surface area contributed by atoms with Crippen molar-refractivity contribution in [1.82, 2.24) is 20.4 Å². The molecule has 18 heavy (non-hydrogen) atoms. The topological polar surface area (TPSA) is 59.0 Å². The third-order valence-electron chi connectivity index (χ3n) is 3.44. The zero-order valence-corrected chi connectivity index (χ0v) is 11.2. The van der Waals surface area contributed by atoms with Gasteiger partial charge in [0.05, 0.1) is 12.2 Å². The third-order valence-corrected chi connectivity index (χ3v) is 3.44. The van der Waals surface area contributed by atoms with Crippen LogP contribution < -0.4 is 10.6 Å². The van der Waals surface area contributed by atoms with Gasteiger partial charge in [0.1, 0.15) is 0 Å². The summed E-state index contributed by atoms with van der Waals surface area (Å²) in [6.45, 7) is 3.05. The number of aromatic nitrogens is 2. The molecule has 1 aromatic heterocycles. The summed E-state index contributed by atoms with van der Waals surface area (Å²) in [5.41, 5.74) is 2.16. The lowest BCUT2D eigenvalue weighted by molar-refractivity contribution is -0.120. The first-order valence-corrected chi connectivity index (χ1v) is 6.64. The molecule has 0 aliphatic heterocycles. The molecular weight excluding hydrogens is 228 g/mol. The Labute approximate surface area is 108 Å². The van der Waals surface area contributed by atoms with Crippen molar-refractivity contribution in [2.75, 3.05) is 6.54 Å². The molecule has 2 N–H and O–H groups in total. The van der Waals surface area contributed by atoms with Crippen LogP contribution in [0.4, 0.5) is 0 Å². The molecule has 0 radical (unpaired) electrons. The van der Waals surface area contributed by atoms with Gasteiger partial charge in [-0.3, -0.25) is 9.48 Å². The molecule has 5 heteroatoms. The maximum Gasteiger partial charge on any atom is 0.234 e. The number of hydrogen-bond donors (Lipinski definition) is 2. The van der Waals surface area contributed by atoms with Gasteiger partial charge in [-0.15, -0.1) is 0 Å². The molecule has 0 aromatic carbocycles. The van der Waals surface area contributed by atoms with Crippen LogP contribution in [0.3, 0.4) is 0 Å². The van der Waals surface area contributed by atoms with E-state index in [0.29, 0.717) is 19.1 Å². The minimum Gasteiger partial charge on any atom is -0.352 e. The Hall–Kier alpha value is -1.36. The third kappa shape index (κ3) is 3.57. The molecule has 0 spiro atoms. The molecule has 1 amide bonds. The first-order valence-electron chi connectivity index (χ1n) is 6.64. The van der Waals surface area contributed by atoms with E-state index in [2.05, 4.69) is 15.7 Å². The Morgan fingerprint density at radius 1 is 1.50 bits per heavy atom. The number of rotatable bonds is 5. The van der Waals surface area contributed by atoms with Crippen molar-refractivity contribution in [2.24, 2.45) is 7.05 Å². The second-order valence-electron chi connectivity index (χ2n) is 5.07. The molecular formula is C13H22N4O. The summed E-state index contributed by atoms with van der Waals surface area (Å²) in [5.74, 6) is 0.100. The van der Waals surface area contributed by atoms with Gasteiger partial charge in [0.15, 0.2) is 0 Å². The van der Waals surface area contributed by atoms with Crippen LogP contribution in [0, 0.1) is 6.92 Å².